The van der Waals surface area contributed by atoms with Gasteiger partial charge in [-0.3, -0.25) is 9.67 Å². The van der Waals surface area contributed by atoms with Gasteiger partial charge in [-0.1, -0.05) is 24.6 Å². The Morgan fingerprint density at radius 2 is 2.28 bits per heavy atom. The minimum Gasteiger partial charge on any atom is -0.307 e. The molecule has 0 aromatic carbocycles. The molecule has 2 rings (SSSR count). The number of rotatable bonds is 4. The molecule has 5 heteroatoms. The zero-order chi connectivity index (χ0) is 13.1. The summed E-state index contributed by atoms with van der Waals surface area (Å²) in [6, 6.07) is 4.01. The van der Waals surface area contributed by atoms with E-state index in [1.165, 1.54) is 5.56 Å². The van der Waals surface area contributed by atoms with Crippen molar-refractivity contribution < 1.29 is 0 Å². The predicted octanol–water partition coefficient (Wildman–Crippen LogP) is 2.34. The van der Waals surface area contributed by atoms with Crippen LogP contribution in [-0.2, 0) is 13.5 Å². The van der Waals surface area contributed by atoms with E-state index in [4.69, 9.17) is 11.6 Å². The first-order chi connectivity index (χ1) is 8.69. The Hall–Kier alpha value is -1.39. The molecular weight excluding hydrogens is 248 g/mol. The van der Waals surface area contributed by atoms with E-state index in [1.54, 1.807) is 10.9 Å². The monoisotopic (exact) mass is 264 g/mol. The number of aromatic nitrogens is 3. The summed E-state index contributed by atoms with van der Waals surface area (Å²) < 4.78 is 1.79. The SMILES string of the molecule is CCc1cccnc1C(NC)c1c(Cl)cnn1C. The van der Waals surface area contributed by atoms with Crippen molar-refractivity contribution in [3.05, 3.63) is 46.5 Å². The summed E-state index contributed by atoms with van der Waals surface area (Å²) in [6.07, 6.45) is 4.41. The minimum absolute atomic E-state index is 0.0406. The molecule has 2 aromatic rings. The van der Waals surface area contributed by atoms with Crippen LogP contribution >= 0.6 is 11.6 Å². The average Bonchev–Trinajstić information content (AvgIpc) is 2.72. The van der Waals surface area contributed by atoms with Crippen LogP contribution in [0, 0.1) is 0 Å². The molecule has 4 nitrogen and oxygen atoms in total. The molecule has 0 aliphatic carbocycles. The summed E-state index contributed by atoms with van der Waals surface area (Å²) in [4.78, 5) is 4.50. The van der Waals surface area contributed by atoms with Gasteiger partial charge >= 0.3 is 0 Å². The average molecular weight is 265 g/mol. The van der Waals surface area contributed by atoms with Crippen LogP contribution in [0.2, 0.25) is 5.02 Å². The molecule has 96 valence electrons. The number of nitrogens with one attached hydrogen (secondary N) is 1. The van der Waals surface area contributed by atoms with Crippen molar-refractivity contribution in [2.24, 2.45) is 7.05 Å². The Morgan fingerprint density at radius 1 is 1.50 bits per heavy atom. The molecule has 1 atom stereocenters. The van der Waals surface area contributed by atoms with Gasteiger partial charge in [0.2, 0.25) is 0 Å². The highest BCUT2D eigenvalue weighted by Gasteiger charge is 2.22. The van der Waals surface area contributed by atoms with Gasteiger partial charge in [-0.25, -0.2) is 0 Å². The van der Waals surface area contributed by atoms with Crippen molar-refractivity contribution in [2.75, 3.05) is 7.05 Å². The van der Waals surface area contributed by atoms with Crippen molar-refractivity contribution in [1.82, 2.24) is 20.1 Å². The summed E-state index contributed by atoms with van der Waals surface area (Å²) in [6.45, 7) is 2.12. The molecule has 0 amide bonds. The van der Waals surface area contributed by atoms with Gasteiger partial charge in [-0.2, -0.15) is 5.10 Å². The first-order valence-electron chi connectivity index (χ1n) is 5.97. The summed E-state index contributed by atoms with van der Waals surface area (Å²) in [5.41, 5.74) is 3.16. The lowest BCUT2D eigenvalue weighted by molar-refractivity contribution is 0.590. The Bertz CT molecular complexity index is 516. The Balaban J connectivity index is 2.52. The number of nitrogens with zero attached hydrogens (tertiary/aromatic N) is 3. The first kappa shape index (κ1) is 13.1. The van der Waals surface area contributed by atoms with Crippen molar-refractivity contribution in [3.8, 4) is 0 Å². The van der Waals surface area contributed by atoms with Crippen LogP contribution in [-0.4, -0.2) is 21.8 Å². The second-order valence-electron chi connectivity index (χ2n) is 4.12. The molecule has 0 aliphatic heterocycles. The topological polar surface area (TPSA) is 42.7 Å². The lowest BCUT2D eigenvalue weighted by Gasteiger charge is -2.19. The molecule has 1 N–H and O–H groups in total. The van der Waals surface area contributed by atoms with E-state index in [0.29, 0.717) is 5.02 Å². The maximum absolute atomic E-state index is 6.21. The molecule has 0 spiro atoms. The second-order valence-corrected chi connectivity index (χ2v) is 4.53. The zero-order valence-corrected chi connectivity index (χ0v) is 11.6. The second kappa shape index (κ2) is 5.50. The van der Waals surface area contributed by atoms with Crippen molar-refractivity contribution in [2.45, 2.75) is 19.4 Å². The quantitative estimate of drug-likeness (QED) is 0.922. The lowest BCUT2D eigenvalue weighted by atomic mass is 10.0. The standard InChI is InChI=1S/C13H17ClN4/c1-4-9-6-5-7-16-11(9)12(15-2)13-10(14)8-17-18(13)3/h5-8,12,15H,4H2,1-3H3. The van der Waals surface area contributed by atoms with Crippen LogP contribution in [0.25, 0.3) is 0 Å². The van der Waals surface area contributed by atoms with Gasteiger partial charge in [0, 0.05) is 13.2 Å². The highest BCUT2D eigenvalue weighted by molar-refractivity contribution is 6.31. The normalized spacial score (nSPS) is 12.7. The molecule has 0 saturated heterocycles. The number of hydrogen-bond acceptors (Lipinski definition) is 3. The molecule has 0 aliphatic rings. The summed E-state index contributed by atoms with van der Waals surface area (Å²) >= 11 is 6.21. The van der Waals surface area contributed by atoms with Crippen LogP contribution in [0.4, 0.5) is 0 Å². The fourth-order valence-corrected chi connectivity index (χ4v) is 2.43. The molecule has 0 radical (unpaired) electrons. The highest BCUT2D eigenvalue weighted by atomic mass is 35.5. The van der Waals surface area contributed by atoms with Crippen LogP contribution in [0.1, 0.15) is 29.9 Å². The largest absolute Gasteiger partial charge is 0.307 e. The van der Waals surface area contributed by atoms with E-state index in [9.17, 15) is 0 Å². The molecule has 0 fully saturated rings. The van der Waals surface area contributed by atoms with E-state index in [2.05, 4.69) is 28.4 Å². The minimum atomic E-state index is -0.0406. The molecule has 18 heavy (non-hydrogen) atoms. The maximum Gasteiger partial charge on any atom is 0.0937 e. The maximum atomic E-state index is 6.21. The van der Waals surface area contributed by atoms with Crippen LogP contribution in [0.3, 0.4) is 0 Å². The Morgan fingerprint density at radius 3 is 2.83 bits per heavy atom. The van der Waals surface area contributed by atoms with Crippen molar-refractivity contribution in [3.63, 3.8) is 0 Å². The highest BCUT2D eigenvalue weighted by Crippen LogP contribution is 2.28. The van der Waals surface area contributed by atoms with Crippen LogP contribution < -0.4 is 5.32 Å². The first-order valence-corrected chi connectivity index (χ1v) is 6.35. The van der Waals surface area contributed by atoms with Gasteiger partial charge < -0.3 is 5.32 Å². The van der Waals surface area contributed by atoms with Crippen molar-refractivity contribution >= 4 is 11.6 Å². The predicted molar refractivity (Wildman–Crippen MR) is 72.7 cm³/mol. The molecule has 2 aromatic heterocycles. The Labute approximate surface area is 112 Å². The molecule has 2 heterocycles. The van der Waals surface area contributed by atoms with Gasteiger partial charge in [0.1, 0.15) is 0 Å². The molecule has 0 bridgehead atoms. The van der Waals surface area contributed by atoms with Gasteiger partial charge in [-0.15, -0.1) is 0 Å². The van der Waals surface area contributed by atoms with E-state index < -0.39 is 0 Å². The number of hydrogen-bond donors (Lipinski definition) is 1. The fraction of sp³-hybridized carbons (Fsp3) is 0.385. The molecule has 0 saturated carbocycles. The van der Waals surface area contributed by atoms with E-state index in [1.807, 2.05) is 26.4 Å². The van der Waals surface area contributed by atoms with E-state index in [-0.39, 0.29) is 6.04 Å². The summed E-state index contributed by atoms with van der Waals surface area (Å²) in [5.74, 6) is 0. The number of pyridine rings is 1. The lowest BCUT2D eigenvalue weighted by Crippen LogP contribution is -2.23. The van der Waals surface area contributed by atoms with Gasteiger partial charge in [0.15, 0.2) is 0 Å². The third-order valence-corrected chi connectivity index (χ3v) is 3.37. The van der Waals surface area contributed by atoms with Gasteiger partial charge in [0.05, 0.1) is 28.6 Å². The molecule has 1 unspecified atom stereocenters. The third kappa shape index (κ3) is 2.26. The fourth-order valence-electron chi connectivity index (χ4n) is 2.16. The third-order valence-electron chi connectivity index (χ3n) is 3.08. The van der Waals surface area contributed by atoms with Gasteiger partial charge in [-0.05, 0) is 25.1 Å². The summed E-state index contributed by atoms with van der Waals surface area (Å²) in [7, 11) is 3.79. The van der Waals surface area contributed by atoms with Crippen molar-refractivity contribution in [1.29, 1.82) is 0 Å². The van der Waals surface area contributed by atoms with E-state index >= 15 is 0 Å². The smallest absolute Gasteiger partial charge is 0.0937 e. The van der Waals surface area contributed by atoms with Gasteiger partial charge in [0.25, 0.3) is 0 Å². The number of halogens is 1. The van der Waals surface area contributed by atoms with Crippen LogP contribution in [0.15, 0.2) is 24.5 Å². The molecular formula is C13H17ClN4. The zero-order valence-electron chi connectivity index (χ0n) is 10.8. The van der Waals surface area contributed by atoms with E-state index in [0.717, 1.165) is 17.8 Å². The Kier molecular flexibility index (Phi) is 3.99. The van der Waals surface area contributed by atoms with Crippen LogP contribution in [0.5, 0.6) is 0 Å². The summed E-state index contributed by atoms with van der Waals surface area (Å²) in [5, 5.41) is 8.11. The number of aryl methyl sites for hydroxylation is 2.